The van der Waals surface area contributed by atoms with Crippen molar-refractivity contribution in [2.24, 2.45) is 11.8 Å². The highest BCUT2D eigenvalue weighted by Gasteiger charge is 2.39. The fourth-order valence-corrected chi connectivity index (χ4v) is 2.37. The van der Waals surface area contributed by atoms with Gasteiger partial charge >= 0.3 is 0 Å². The summed E-state index contributed by atoms with van der Waals surface area (Å²) in [6, 6.07) is 18.1. The molecular formula is C17H17NO. The van der Waals surface area contributed by atoms with E-state index in [0.717, 1.165) is 23.2 Å². The first-order valence-electron chi connectivity index (χ1n) is 6.71. The molecule has 0 spiro atoms. The van der Waals surface area contributed by atoms with Crippen molar-refractivity contribution in [3.63, 3.8) is 0 Å². The van der Waals surface area contributed by atoms with Crippen molar-refractivity contribution in [2.75, 3.05) is 5.32 Å². The molecule has 96 valence electrons. The van der Waals surface area contributed by atoms with Gasteiger partial charge in [-0.25, -0.2) is 0 Å². The van der Waals surface area contributed by atoms with Crippen molar-refractivity contribution >= 4 is 11.6 Å². The minimum atomic E-state index is 0.149. The molecule has 2 aromatic carbocycles. The Balaban J connectivity index is 1.88. The van der Waals surface area contributed by atoms with Gasteiger partial charge in [-0.2, -0.15) is 0 Å². The van der Waals surface area contributed by atoms with Gasteiger partial charge in [-0.3, -0.25) is 4.79 Å². The van der Waals surface area contributed by atoms with Crippen molar-refractivity contribution < 1.29 is 4.79 Å². The molecule has 0 unspecified atom stereocenters. The lowest BCUT2D eigenvalue weighted by Crippen LogP contribution is -2.15. The molecule has 2 atom stereocenters. The molecule has 1 aliphatic carbocycles. The topological polar surface area (TPSA) is 29.1 Å². The zero-order valence-corrected chi connectivity index (χ0v) is 11.0. The van der Waals surface area contributed by atoms with Gasteiger partial charge in [-0.05, 0) is 24.0 Å². The monoisotopic (exact) mass is 251 g/mol. The minimum Gasteiger partial charge on any atom is -0.325 e. The Hall–Kier alpha value is -2.09. The highest BCUT2D eigenvalue weighted by atomic mass is 16.2. The molecule has 1 amide bonds. The quantitative estimate of drug-likeness (QED) is 0.879. The van der Waals surface area contributed by atoms with E-state index in [1.807, 2.05) is 42.5 Å². The molecule has 1 aliphatic rings. The van der Waals surface area contributed by atoms with Crippen LogP contribution in [0.2, 0.25) is 0 Å². The van der Waals surface area contributed by atoms with Gasteiger partial charge in [0.25, 0.3) is 0 Å². The van der Waals surface area contributed by atoms with E-state index in [4.69, 9.17) is 0 Å². The second-order valence-corrected chi connectivity index (χ2v) is 5.22. The van der Waals surface area contributed by atoms with Crippen LogP contribution in [0.1, 0.15) is 13.3 Å². The second kappa shape index (κ2) is 4.88. The van der Waals surface area contributed by atoms with Crippen LogP contribution in [-0.2, 0) is 4.79 Å². The summed E-state index contributed by atoms with van der Waals surface area (Å²) in [5, 5.41) is 3.06. The average Bonchev–Trinajstić information content (AvgIpc) is 3.18. The van der Waals surface area contributed by atoms with E-state index < -0.39 is 0 Å². The van der Waals surface area contributed by atoms with Gasteiger partial charge in [0.15, 0.2) is 0 Å². The molecule has 0 heterocycles. The Kier molecular flexibility index (Phi) is 3.08. The van der Waals surface area contributed by atoms with Crippen molar-refractivity contribution in [2.45, 2.75) is 13.3 Å². The van der Waals surface area contributed by atoms with E-state index >= 15 is 0 Å². The molecule has 0 saturated heterocycles. The number of hydrogen-bond acceptors (Lipinski definition) is 1. The largest absolute Gasteiger partial charge is 0.325 e. The van der Waals surface area contributed by atoms with Crippen molar-refractivity contribution in [3.05, 3.63) is 54.6 Å². The highest BCUT2D eigenvalue weighted by Crippen LogP contribution is 2.39. The molecule has 2 aromatic rings. The average molecular weight is 251 g/mol. The van der Waals surface area contributed by atoms with Crippen molar-refractivity contribution in [1.82, 2.24) is 0 Å². The lowest BCUT2D eigenvalue weighted by Gasteiger charge is -2.11. The van der Waals surface area contributed by atoms with E-state index in [1.165, 1.54) is 0 Å². The maximum Gasteiger partial charge on any atom is 0.227 e. The van der Waals surface area contributed by atoms with Crippen molar-refractivity contribution in [3.8, 4) is 11.1 Å². The van der Waals surface area contributed by atoms with Gasteiger partial charge in [0, 0.05) is 17.2 Å². The molecule has 0 aromatic heterocycles. The molecule has 0 bridgehead atoms. The zero-order chi connectivity index (χ0) is 13.2. The van der Waals surface area contributed by atoms with E-state index in [-0.39, 0.29) is 11.8 Å². The number of anilines is 1. The van der Waals surface area contributed by atoms with Gasteiger partial charge in [-0.1, -0.05) is 55.5 Å². The van der Waals surface area contributed by atoms with E-state index in [2.05, 4.69) is 24.4 Å². The van der Waals surface area contributed by atoms with Gasteiger partial charge < -0.3 is 5.32 Å². The maximum atomic E-state index is 12.1. The van der Waals surface area contributed by atoms with E-state index in [9.17, 15) is 4.79 Å². The number of carbonyl (C=O) groups excluding carboxylic acids is 1. The lowest BCUT2D eigenvalue weighted by molar-refractivity contribution is -0.117. The summed E-state index contributed by atoms with van der Waals surface area (Å²) in [7, 11) is 0. The maximum absolute atomic E-state index is 12.1. The predicted octanol–water partition coefficient (Wildman–Crippen LogP) is 3.95. The summed E-state index contributed by atoms with van der Waals surface area (Å²) in [6.07, 6.45) is 1.01. The summed E-state index contributed by atoms with van der Waals surface area (Å²) in [4.78, 5) is 12.1. The molecule has 2 heteroatoms. The molecule has 1 fully saturated rings. The van der Waals surface area contributed by atoms with Crippen molar-refractivity contribution in [1.29, 1.82) is 0 Å². The first kappa shape index (κ1) is 12.0. The van der Waals surface area contributed by atoms with Crippen LogP contribution < -0.4 is 5.32 Å². The predicted molar refractivity (Wildman–Crippen MR) is 77.8 cm³/mol. The van der Waals surface area contributed by atoms with Gasteiger partial charge in [-0.15, -0.1) is 0 Å². The Bertz CT molecular complexity index is 591. The smallest absolute Gasteiger partial charge is 0.227 e. The Morgan fingerprint density at radius 1 is 1.05 bits per heavy atom. The number of carbonyl (C=O) groups is 1. The minimum absolute atomic E-state index is 0.149. The third kappa shape index (κ3) is 2.53. The fraction of sp³-hybridized carbons (Fsp3) is 0.235. The third-order valence-electron chi connectivity index (χ3n) is 3.72. The molecule has 0 aliphatic heterocycles. The molecule has 19 heavy (non-hydrogen) atoms. The zero-order valence-electron chi connectivity index (χ0n) is 11.0. The van der Waals surface area contributed by atoms with Crippen LogP contribution in [0.15, 0.2) is 54.6 Å². The summed E-state index contributed by atoms with van der Waals surface area (Å²) >= 11 is 0. The number of benzene rings is 2. The SMILES string of the molecule is C[C@@H]1C[C@H]1C(=O)Nc1ccccc1-c1ccccc1. The van der Waals surface area contributed by atoms with Gasteiger partial charge in [0.1, 0.15) is 0 Å². The summed E-state index contributed by atoms with van der Waals surface area (Å²) in [5.41, 5.74) is 3.10. The lowest BCUT2D eigenvalue weighted by atomic mass is 10.0. The van der Waals surface area contributed by atoms with Crippen LogP contribution in [0.3, 0.4) is 0 Å². The van der Waals surface area contributed by atoms with Crippen LogP contribution in [0.4, 0.5) is 5.69 Å². The number of rotatable bonds is 3. The van der Waals surface area contributed by atoms with Crippen LogP contribution >= 0.6 is 0 Å². The molecule has 3 rings (SSSR count). The first-order valence-corrected chi connectivity index (χ1v) is 6.71. The van der Waals surface area contributed by atoms with Crippen LogP contribution in [0.25, 0.3) is 11.1 Å². The Morgan fingerprint density at radius 3 is 2.37 bits per heavy atom. The fourth-order valence-electron chi connectivity index (χ4n) is 2.37. The van der Waals surface area contributed by atoms with Gasteiger partial charge in [0.2, 0.25) is 5.91 Å². The number of amides is 1. The second-order valence-electron chi connectivity index (χ2n) is 5.22. The molecule has 1 saturated carbocycles. The number of hydrogen-bond donors (Lipinski definition) is 1. The van der Waals surface area contributed by atoms with Crippen LogP contribution in [0.5, 0.6) is 0 Å². The molecule has 1 N–H and O–H groups in total. The molecular weight excluding hydrogens is 234 g/mol. The number of nitrogens with one attached hydrogen (secondary N) is 1. The van der Waals surface area contributed by atoms with E-state index in [0.29, 0.717) is 5.92 Å². The van der Waals surface area contributed by atoms with Gasteiger partial charge in [0.05, 0.1) is 0 Å². The normalized spacial score (nSPS) is 20.9. The number of para-hydroxylation sites is 1. The molecule has 0 radical (unpaired) electrons. The Labute approximate surface area is 113 Å². The van der Waals surface area contributed by atoms with Crippen LogP contribution in [-0.4, -0.2) is 5.91 Å². The summed E-state index contributed by atoms with van der Waals surface area (Å²) < 4.78 is 0. The summed E-state index contributed by atoms with van der Waals surface area (Å²) in [5.74, 6) is 0.878. The standard InChI is InChI=1S/C17H17NO/c1-12-11-15(12)17(19)18-16-10-6-5-9-14(16)13-7-3-2-4-8-13/h2-10,12,15H,11H2,1H3,(H,18,19)/t12-,15-/m1/s1. The van der Waals surface area contributed by atoms with E-state index in [1.54, 1.807) is 0 Å². The van der Waals surface area contributed by atoms with Crippen LogP contribution in [0, 0.1) is 11.8 Å². The first-order chi connectivity index (χ1) is 9.25. The molecule has 2 nitrogen and oxygen atoms in total. The summed E-state index contributed by atoms with van der Waals surface area (Å²) in [6.45, 7) is 2.12. The Morgan fingerprint density at radius 2 is 1.68 bits per heavy atom. The third-order valence-corrected chi connectivity index (χ3v) is 3.72. The highest BCUT2D eigenvalue weighted by molar-refractivity contribution is 5.98.